The van der Waals surface area contributed by atoms with Gasteiger partial charge in [-0.2, -0.15) is 4.31 Å². The van der Waals surface area contributed by atoms with Gasteiger partial charge in [0.2, 0.25) is 15.9 Å². The molecule has 3 atom stereocenters. The van der Waals surface area contributed by atoms with Crippen LogP contribution >= 0.6 is 12.4 Å². The summed E-state index contributed by atoms with van der Waals surface area (Å²) in [5, 5.41) is 0. The number of likely N-dealkylation sites (tertiary alicyclic amines) is 1. The highest BCUT2D eigenvalue weighted by Gasteiger charge is 2.36. The number of benzene rings is 1. The zero-order valence-corrected chi connectivity index (χ0v) is 18.3. The zero-order valence-electron chi connectivity index (χ0n) is 16.7. The fourth-order valence-electron chi connectivity index (χ4n) is 4.12. The van der Waals surface area contributed by atoms with Crippen molar-refractivity contribution in [1.82, 2.24) is 9.21 Å². The van der Waals surface area contributed by atoms with Crippen molar-refractivity contribution in [2.75, 3.05) is 26.2 Å². The van der Waals surface area contributed by atoms with Crippen LogP contribution < -0.4 is 5.73 Å². The Kier molecular flexibility index (Phi) is 7.90. The molecule has 2 N–H and O–H groups in total. The molecule has 8 heteroatoms. The van der Waals surface area contributed by atoms with Gasteiger partial charge in [-0.25, -0.2) is 8.42 Å². The smallest absolute Gasteiger partial charge is 0.243 e. The van der Waals surface area contributed by atoms with Gasteiger partial charge in [0.15, 0.2) is 0 Å². The number of carbonyl (C=O) groups excluding carboxylic acids is 1. The summed E-state index contributed by atoms with van der Waals surface area (Å²) in [6.45, 7) is 6.12. The van der Waals surface area contributed by atoms with Gasteiger partial charge in [0, 0.05) is 32.2 Å². The first kappa shape index (κ1) is 23.1. The summed E-state index contributed by atoms with van der Waals surface area (Å²) in [5.41, 5.74) is 7.06. The van der Waals surface area contributed by atoms with Crippen molar-refractivity contribution in [3.05, 3.63) is 29.8 Å². The number of hydrogen-bond donors (Lipinski definition) is 1. The van der Waals surface area contributed by atoms with Crippen molar-refractivity contribution >= 4 is 28.3 Å². The fourth-order valence-corrected chi connectivity index (χ4v) is 5.64. The minimum Gasteiger partial charge on any atom is -0.342 e. The molecule has 1 aromatic carbocycles. The molecule has 0 radical (unpaired) electrons. The Morgan fingerprint density at radius 3 is 2.39 bits per heavy atom. The Hall–Kier alpha value is -1.15. The van der Waals surface area contributed by atoms with Crippen LogP contribution in [0, 0.1) is 18.8 Å². The maximum absolute atomic E-state index is 13.0. The average molecular weight is 430 g/mol. The standard InChI is InChI=1S/C20H31N3O3S.ClH/c1-15-7-9-19(10-8-15)27(25,26)23-12-4-6-18(14-23)20(24)22-11-3-5-17(13-22)16(2)21;/h7-10,16-18H,3-6,11-14,21H2,1-2H3;1H. The summed E-state index contributed by atoms with van der Waals surface area (Å²) < 4.78 is 27.4. The molecule has 2 aliphatic rings. The fraction of sp³-hybridized carbons (Fsp3) is 0.650. The van der Waals surface area contributed by atoms with Gasteiger partial charge in [-0.15, -0.1) is 12.4 Å². The highest BCUT2D eigenvalue weighted by atomic mass is 35.5. The number of halogens is 1. The molecule has 0 spiro atoms. The van der Waals surface area contributed by atoms with Gasteiger partial charge in [-0.05, 0) is 57.6 Å². The van der Waals surface area contributed by atoms with E-state index in [1.807, 2.05) is 18.7 Å². The summed E-state index contributed by atoms with van der Waals surface area (Å²) >= 11 is 0. The first-order chi connectivity index (χ1) is 12.8. The highest BCUT2D eigenvalue weighted by Crippen LogP contribution is 2.27. The quantitative estimate of drug-likeness (QED) is 0.796. The maximum atomic E-state index is 13.0. The molecule has 6 nitrogen and oxygen atoms in total. The van der Waals surface area contributed by atoms with Gasteiger partial charge < -0.3 is 10.6 Å². The molecule has 2 heterocycles. The molecule has 158 valence electrons. The summed E-state index contributed by atoms with van der Waals surface area (Å²) in [5.74, 6) is 0.161. The highest BCUT2D eigenvalue weighted by molar-refractivity contribution is 7.89. The number of rotatable bonds is 4. The van der Waals surface area contributed by atoms with E-state index in [-0.39, 0.29) is 36.8 Å². The van der Waals surface area contributed by atoms with Gasteiger partial charge in [0.1, 0.15) is 0 Å². The minimum atomic E-state index is -3.56. The third-order valence-corrected chi connectivity index (χ3v) is 7.78. The van der Waals surface area contributed by atoms with E-state index in [1.165, 1.54) is 4.31 Å². The van der Waals surface area contributed by atoms with Crippen molar-refractivity contribution in [1.29, 1.82) is 0 Å². The largest absolute Gasteiger partial charge is 0.342 e. The molecule has 2 aliphatic heterocycles. The lowest BCUT2D eigenvalue weighted by Crippen LogP contribution is -2.50. The van der Waals surface area contributed by atoms with Crippen LogP contribution in [-0.2, 0) is 14.8 Å². The van der Waals surface area contributed by atoms with E-state index in [0.29, 0.717) is 30.3 Å². The lowest BCUT2D eigenvalue weighted by atomic mass is 9.90. The van der Waals surface area contributed by atoms with Gasteiger partial charge in [0.25, 0.3) is 0 Å². The molecule has 0 saturated carbocycles. The Morgan fingerprint density at radius 1 is 1.11 bits per heavy atom. The van der Waals surface area contributed by atoms with Crippen LogP contribution in [0.2, 0.25) is 0 Å². The summed E-state index contributed by atoms with van der Waals surface area (Å²) in [6.07, 6.45) is 3.49. The van der Waals surface area contributed by atoms with Crippen molar-refractivity contribution < 1.29 is 13.2 Å². The van der Waals surface area contributed by atoms with Gasteiger partial charge in [-0.1, -0.05) is 17.7 Å². The predicted octanol–water partition coefficient (Wildman–Crippen LogP) is 2.40. The number of hydrogen-bond acceptors (Lipinski definition) is 4. The van der Waals surface area contributed by atoms with E-state index in [9.17, 15) is 13.2 Å². The van der Waals surface area contributed by atoms with E-state index < -0.39 is 10.0 Å². The Morgan fingerprint density at radius 2 is 1.75 bits per heavy atom. The number of nitrogens with two attached hydrogens (primary N) is 1. The molecule has 2 saturated heterocycles. The Labute approximate surface area is 174 Å². The Balaban J connectivity index is 0.00000280. The molecule has 3 rings (SSSR count). The molecule has 2 fully saturated rings. The molecule has 0 bridgehead atoms. The van der Waals surface area contributed by atoms with E-state index in [4.69, 9.17) is 5.73 Å². The molecule has 1 amide bonds. The van der Waals surface area contributed by atoms with Crippen molar-refractivity contribution in [2.45, 2.75) is 50.5 Å². The van der Waals surface area contributed by atoms with E-state index >= 15 is 0 Å². The van der Waals surface area contributed by atoms with Crippen molar-refractivity contribution in [3.63, 3.8) is 0 Å². The van der Waals surface area contributed by atoms with E-state index in [1.54, 1.807) is 24.3 Å². The summed E-state index contributed by atoms with van der Waals surface area (Å²) in [4.78, 5) is 15.2. The molecular weight excluding hydrogens is 398 g/mol. The normalized spacial score (nSPS) is 25.0. The number of nitrogens with zero attached hydrogens (tertiary/aromatic N) is 2. The van der Waals surface area contributed by atoms with E-state index in [0.717, 1.165) is 31.4 Å². The second-order valence-corrected chi connectivity index (χ2v) is 10.00. The topological polar surface area (TPSA) is 83.7 Å². The van der Waals surface area contributed by atoms with E-state index in [2.05, 4.69) is 0 Å². The van der Waals surface area contributed by atoms with Crippen LogP contribution in [0.3, 0.4) is 0 Å². The van der Waals surface area contributed by atoms with Crippen LogP contribution in [0.5, 0.6) is 0 Å². The van der Waals surface area contributed by atoms with Crippen LogP contribution in [0.4, 0.5) is 0 Å². The third-order valence-electron chi connectivity index (χ3n) is 5.91. The molecular formula is C20H32ClN3O3S. The minimum absolute atomic E-state index is 0. The third kappa shape index (κ3) is 5.06. The first-order valence-electron chi connectivity index (χ1n) is 9.90. The number of aryl methyl sites for hydroxylation is 1. The van der Waals surface area contributed by atoms with Gasteiger partial charge in [0.05, 0.1) is 10.8 Å². The first-order valence-corrected chi connectivity index (χ1v) is 11.3. The van der Waals surface area contributed by atoms with Crippen LogP contribution in [-0.4, -0.2) is 55.8 Å². The summed E-state index contributed by atoms with van der Waals surface area (Å²) in [7, 11) is -3.56. The van der Waals surface area contributed by atoms with Crippen molar-refractivity contribution in [3.8, 4) is 0 Å². The molecule has 0 aliphatic carbocycles. The second kappa shape index (κ2) is 9.57. The zero-order chi connectivity index (χ0) is 19.6. The van der Waals surface area contributed by atoms with Crippen molar-refractivity contribution in [2.24, 2.45) is 17.6 Å². The van der Waals surface area contributed by atoms with Gasteiger partial charge in [-0.3, -0.25) is 4.79 Å². The number of sulfonamides is 1. The second-order valence-electron chi connectivity index (χ2n) is 8.06. The molecule has 3 unspecified atom stereocenters. The van der Waals surface area contributed by atoms with Crippen LogP contribution in [0.25, 0.3) is 0 Å². The lowest BCUT2D eigenvalue weighted by Gasteiger charge is -2.39. The average Bonchev–Trinajstić information content (AvgIpc) is 2.68. The predicted molar refractivity (Wildman–Crippen MR) is 113 cm³/mol. The molecule has 0 aromatic heterocycles. The Bertz CT molecular complexity index is 767. The monoisotopic (exact) mass is 429 g/mol. The lowest BCUT2D eigenvalue weighted by molar-refractivity contribution is -0.138. The number of piperidine rings is 2. The van der Waals surface area contributed by atoms with Gasteiger partial charge >= 0.3 is 0 Å². The number of amides is 1. The SMILES string of the molecule is Cc1ccc(S(=O)(=O)N2CCCC(C(=O)N3CCCC(C(C)N)C3)C2)cc1.Cl. The molecule has 28 heavy (non-hydrogen) atoms. The number of carbonyl (C=O) groups is 1. The molecule has 1 aromatic rings. The summed E-state index contributed by atoms with van der Waals surface area (Å²) in [6, 6.07) is 6.98. The van der Waals surface area contributed by atoms with Crippen LogP contribution in [0.1, 0.15) is 38.2 Å². The van der Waals surface area contributed by atoms with Crippen LogP contribution in [0.15, 0.2) is 29.2 Å². The maximum Gasteiger partial charge on any atom is 0.243 e.